The first kappa shape index (κ1) is 14.9. The first-order chi connectivity index (χ1) is 7.06. The van der Waals surface area contributed by atoms with Gasteiger partial charge in [-0.1, -0.05) is 6.92 Å². The highest BCUT2D eigenvalue weighted by Crippen LogP contribution is 1.94. The quantitative estimate of drug-likeness (QED) is 0.601. The first-order valence-electron chi connectivity index (χ1n) is 6.02. The fourth-order valence-corrected chi connectivity index (χ4v) is 1.10. The molecule has 1 N–H and O–H groups in total. The second-order valence-electron chi connectivity index (χ2n) is 4.32. The highest BCUT2D eigenvalue weighted by Gasteiger charge is 2.04. The van der Waals surface area contributed by atoms with Crippen LogP contribution in [0.2, 0.25) is 0 Å². The number of hydrogen-bond acceptors (Lipinski definition) is 3. The summed E-state index contributed by atoms with van der Waals surface area (Å²) in [5.74, 6) is 0. The minimum Gasteiger partial charge on any atom is -0.376 e. The molecule has 0 spiro atoms. The molecule has 0 saturated carbocycles. The van der Waals surface area contributed by atoms with E-state index in [1.54, 1.807) is 0 Å². The zero-order valence-electron chi connectivity index (χ0n) is 10.9. The summed E-state index contributed by atoms with van der Waals surface area (Å²) in [5, 5.41) is 3.42. The summed E-state index contributed by atoms with van der Waals surface area (Å²) in [6.07, 6.45) is 1.71. The van der Waals surface area contributed by atoms with Gasteiger partial charge in [0.2, 0.25) is 0 Å². The third-order valence-electron chi connectivity index (χ3n) is 2.30. The molecule has 0 saturated heterocycles. The van der Waals surface area contributed by atoms with E-state index in [1.165, 1.54) is 0 Å². The molecule has 0 aliphatic carbocycles. The molecular formula is C12H27NO2. The van der Waals surface area contributed by atoms with E-state index < -0.39 is 0 Å². The van der Waals surface area contributed by atoms with Gasteiger partial charge in [-0.3, -0.25) is 0 Å². The van der Waals surface area contributed by atoms with E-state index in [4.69, 9.17) is 9.47 Å². The monoisotopic (exact) mass is 217 g/mol. The van der Waals surface area contributed by atoms with Crippen LogP contribution in [0.5, 0.6) is 0 Å². The number of hydrogen-bond donors (Lipinski definition) is 1. The predicted octanol–water partition coefficient (Wildman–Crippen LogP) is 2.20. The summed E-state index contributed by atoms with van der Waals surface area (Å²) in [6, 6.07) is 0.572. The van der Waals surface area contributed by atoms with Crippen LogP contribution in [0.3, 0.4) is 0 Å². The minimum absolute atomic E-state index is 0.259. The van der Waals surface area contributed by atoms with Gasteiger partial charge in [0.05, 0.1) is 25.4 Å². The van der Waals surface area contributed by atoms with Crippen molar-refractivity contribution in [2.24, 2.45) is 0 Å². The van der Waals surface area contributed by atoms with Crippen molar-refractivity contribution in [3.8, 4) is 0 Å². The molecule has 0 radical (unpaired) electrons. The van der Waals surface area contributed by atoms with E-state index in [2.05, 4.69) is 26.1 Å². The van der Waals surface area contributed by atoms with Gasteiger partial charge in [0, 0.05) is 12.6 Å². The normalized spacial score (nSPS) is 15.6. The Bertz CT molecular complexity index is 140. The van der Waals surface area contributed by atoms with E-state index in [0.29, 0.717) is 25.4 Å². The summed E-state index contributed by atoms with van der Waals surface area (Å²) in [6.45, 7) is 12.8. The van der Waals surface area contributed by atoms with Crippen LogP contribution in [0.1, 0.15) is 41.0 Å². The zero-order valence-corrected chi connectivity index (χ0v) is 10.9. The maximum Gasteiger partial charge on any atom is 0.0704 e. The topological polar surface area (TPSA) is 30.5 Å². The Hall–Kier alpha value is -0.120. The van der Waals surface area contributed by atoms with Crippen molar-refractivity contribution < 1.29 is 9.47 Å². The van der Waals surface area contributed by atoms with E-state index in [0.717, 1.165) is 13.0 Å². The van der Waals surface area contributed by atoms with Crippen molar-refractivity contribution in [2.75, 3.05) is 19.8 Å². The van der Waals surface area contributed by atoms with Gasteiger partial charge in [0.15, 0.2) is 0 Å². The van der Waals surface area contributed by atoms with E-state index in [1.807, 2.05) is 13.8 Å². The van der Waals surface area contributed by atoms with Crippen LogP contribution in [0.15, 0.2) is 0 Å². The Morgan fingerprint density at radius 1 is 1.00 bits per heavy atom. The van der Waals surface area contributed by atoms with Crippen molar-refractivity contribution in [3.05, 3.63) is 0 Å². The van der Waals surface area contributed by atoms with E-state index in [9.17, 15) is 0 Å². The molecule has 0 aromatic heterocycles. The minimum atomic E-state index is 0.259. The van der Waals surface area contributed by atoms with Gasteiger partial charge in [0.25, 0.3) is 0 Å². The molecule has 0 amide bonds. The van der Waals surface area contributed by atoms with Gasteiger partial charge in [-0.05, 0) is 34.1 Å². The molecule has 15 heavy (non-hydrogen) atoms. The second-order valence-corrected chi connectivity index (χ2v) is 4.32. The lowest BCUT2D eigenvalue weighted by Crippen LogP contribution is -2.33. The second kappa shape index (κ2) is 9.13. The van der Waals surface area contributed by atoms with Gasteiger partial charge in [-0.25, -0.2) is 0 Å². The molecule has 0 fully saturated rings. The van der Waals surface area contributed by atoms with Crippen molar-refractivity contribution in [1.29, 1.82) is 0 Å². The Labute approximate surface area is 94.5 Å². The molecule has 0 aromatic carbocycles. The van der Waals surface area contributed by atoms with Crippen LogP contribution in [0, 0.1) is 0 Å². The van der Waals surface area contributed by atoms with Crippen LogP contribution in [0.25, 0.3) is 0 Å². The lowest BCUT2D eigenvalue weighted by atomic mass is 10.2. The Balaban J connectivity index is 3.29. The van der Waals surface area contributed by atoms with Gasteiger partial charge >= 0.3 is 0 Å². The molecule has 0 aromatic rings. The summed E-state index contributed by atoms with van der Waals surface area (Å²) < 4.78 is 11.0. The highest BCUT2D eigenvalue weighted by atomic mass is 16.5. The summed E-state index contributed by atoms with van der Waals surface area (Å²) >= 11 is 0. The molecular weight excluding hydrogens is 190 g/mol. The lowest BCUT2D eigenvalue weighted by molar-refractivity contribution is -0.00665. The molecule has 0 heterocycles. The third kappa shape index (κ3) is 10.2. The molecule has 2 atom stereocenters. The Morgan fingerprint density at radius 2 is 1.60 bits per heavy atom. The Morgan fingerprint density at radius 3 is 2.13 bits per heavy atom. The first-order valence-corrected chi connectivity index (χ1v) is 6.02. The highest BCUT2D eigenvalue weighted by molar-refractivity contribution is 4.61. The van der Waals surface area contributed by atoms with Gasteiger partial charge in [-0.15, -0.1) is 0 Å². The maximum atomic E-state index is 5.60. The van der Waals surface area contributed by atoms with Crippen LogP contribution >= 0.6 is 0 Å². The Kier molecular flexibility index (Phi) is 9.06. The predicted molar refractivity (Wildman–Crippen MR) is 64.3 cm³/mol. The third-order valence-corrected chi connectivity index (χ3v) is 2.30. The van der Waals surface area contributed by atoms with Crippen LogP contribution < -0.4 is 5.32 Å². The SMILES string of the molecule is CCC(C)NCC(C)OCCOC(C)C. The van der Waals surface area contributed by atoms with Crippen LogP contribution in [-0.2, 0) is 9.47 Å². The maximum absolute atomic E-state index is 5.60. The standard InChI is InChI=1S/C12H27NO2/c1-6-11(4)13-9-12(5)15-8-7-14-10(2)3/h10-13H,6-9H2,1-5H3. The van der Waals surface area contributed by atoms with Gasteiger partial charge in [-0.2, -0.15) is 0 Å². The van der Waals surface area contributed by atoms with Crippen molar-refractivity contribution in [1.82, 2.24) is 5.32 Å². The van der Waals surface area contributed by atoms with Crippen LogP contribution in [-0.4, -0.2) is 38.0 Å². The fourth-order valence-electron chi connectivity index (χ4n) is 1.10. The van der Waals surface area contributed by atoms with E-state index in [-0.39, 0.29) is 6.10 Å². The van der Waals surface area contributed by atoms with Gasteiger partial charge < -0.3 is 14.8 Å². The summed E-state index contributed by atoms with van der Waals surface area (Å²) in [5.41, 5.74) is 0. The van der Waals surface area contributed by atoms with Crippen LogP contribution in [0.4, 0.5) is 0 Å². The molecule has 0 aliphatic heterocycles. The van der Waals surface area contributed by atoms with Crippen molar-refractivity contribution >= 4 is 0 Å². The molecule has 92 valence electrons. The summed E-state index contributed by atoms with van der Waals surface area (Å²) in [4.78, 5) is 0. The van der Waals surface area contributed by atoms with Crippen molar-refractivity contribution in [3.63, 3.8) is 0 Å². The lowest BCUT2D eigenvalue weighted by Gasteiger charge is -2.17. The number of nitrogens with one attached hydrogen (secondary N) is 1. The molecule has 0 aliphatic rings. The summed E-state index contributed by atoms with van der Waals surface area (Å²) in [7, 11) is 0. The molecule has 0 rings (SSSR count). The number of ether oxygens (including phenoxy) is 2. The largest absolute Gasteiger partial charge is 0.376 e. The molecule has 0 bridgehead atoms. The molecule has 3 heteroatoms. The average Bonchev–Trinajstić information content (AvgIpc) is 2.20. The fraction of sp³-hybridized carbons (Fsp3) is 1.00. The average molecular weight is 217 g/mol. The van der Waals surface area contributed by atoms with E-state index >= 15 is 0 Å². The number of rotatable bonds is 9. The van der Waals surface area contributed by atoms with Gasteiger partial charge in [0.1, 0.15) is 0 Å². The molecule has 2 unspecified atom stereocenters. The zero-order chi connectivity index (χ0) is 11.7. The van der Waals surface area contributed by atoms with Crippen molar-refractivity contribution in [2.45, 2.75) is 59.3 Å². The smallest absolute Gasteiger partial charge is 0.0704 e. The molecule has 3 nitrogen and oxygen atoms in total.